The number of alkyl halides is 3. The molecule has 0 fully saturated rings. The molecule has 0 atom stereocenters. The summed E-state index contributed by atoms with van der Waals surface area (Å²) in [7, 11) is 9.34. The van der Waals surface area contributed by atoms with E-state index in [0.717, 1.165) is 0 Å². The Bertz CT molecular complexity index is 310. The minimum Gasteiger partial charge on any atom is -0.269 e. The van der Waals surface area contributed by atoms with Crippen LogP contribution in [0.15, 0.2) is 4.74 Å². The topological polar surface area (TPSA) is 39.2 Å². The predicted molar refractivity (Wildman–Crippen MR) is 84.9 cm³/mol. The third-order valence-electron chi connectivity index (χ3n) is 2.08. The number of rotatable bonds is 3. The van der Waals surface area contributed by atoms with Crippen molar-refractivity contribution in [3.05, 3.63) is 0 Å². The average molecular weight is 457 g/mol. The number of hydrogen-bond donors (Lipinski definition) is 0. The minimum absolute atomic E-state index is 0.304. The van der Waals surface area contributed by atoms with E-state index in [9.17, 15) is 4.79 Å². The predicted octanol–water partition coefficient (Wildman–Crippen LogP) is 2.98. The molecule has 0 aromatic rings. The van der Waals surface area contributed by atoms with Crippen LogP contribution >= 0.6 is 55.3 Å². The van der Waals surface area contributed by atoms with Gasteiger partial charge in [-0.2, -0.15) is 4.74 Å². The van der Waals surface area contributed by atoms with E-state index in [2.05, 4.69) is 52.5 Å². The van der Waals surface area contributed by atoms with Crippen LogP contribution in [-0.4, -0.2) is 64.3 Å². The highest BCUT2D eigenvalue weighted by Crippen LogP contribution is 2.56. The maximum absolute atomic E-state index is 12.0. The largest absolute Gasteiger partial charge is 0.286 e. The molecular weight excluding hydrogens is 439 g/mol. The Morgan fingerprint density at radius 2 is 1.24 bits per heavy atom. The quantitative estimate of drug-likeness (QED) is 0.483. The fraction of sp³-hybridized carbons (Fsp3) is 0.875. The Morgan fingerprint density at radius 3 is 1.41 bits per heavy atom. The van der Waals surface area contributed by atoms with Crippen LogP contribution in [0.1, 0.15) is 0 Å². The highest BCUT2D eigenvalue weighted by Gasteiger charge is 2.35. The van der Waals surface area contributed by atoms with Gasteiger partial charge in [0, 0.05) is 0 Å². The zero-order valence-corrected chi connectivity index (χ0v) is 16.4. The van der Waals surface area contributed by atoms with E-state index in [1.165, 1.54) is 0 Å². The normalized spacial score (nSPS) is 13.6. The van der Waals surface area contributed by atoms with Gasteiger partial charge < -0.3 is 0 Å². The molecule has 0 bridgehead atoms. The summed E-state index contributed by atoms with van der Waals surface area (Å²) < 4.78 is 9.31. The second-order valence-corrected chi connectivity index (χ2v) is 14.4. The van der Waals surface area contributed by atoms with Crippen molar-refractivity contribution >= 4 is 61.2 Å². The average Bonchev–Trinajstić information content (AvgIpc) is 2.09. The van der Waals surface area contributed by atoms with Crippen LogP contribution in [0.3, 0.4) is 0 Å². The molecular formula is C8H18Br3N4OP. The number of nitrogens with zero attached hydrogens (tertiary/aromatic N) is 4. The molecule has 9 heteroatoms. The molecule has 0 aromatic carbocycles. The van der Waals surface area contributed by atoms with E-state index in [4.69, 9.17) is 0 Å². The Balaban J connectivity index is 5.79. The molecule has 17 heavy (non-hydrogen) atoms. The first-order valence-corrected chi connectivity index (χ1v) is 8.71. The van der Waals surface area contributed by atoms with Gasteiger partial charge >= 0.3 is 0 Å². The minimum atomic E-state index is -2.18. The van der Waals surface area contributed by atoms with Crippen molar-refractivity contribution in [1.82, 2.24) is 14.0 Å². The van der Waals surface area contributed by atoms with E-state index in [-0.39, 0.29) is 5.91 Å². The summed E-state index contributed by atoms with van der Waals surface area (Å²) in [6.45, 7) is 0. The molecule has 0 unspecified atom stereocenters. The number of hydrogen-bond acceptors (Lipinski definition) is 1. The van der Waals surface area contributed by atoms with E-state index >= 15 is 0 Å². The van der Waals surface area contributed by atoms with Crippen LogP contribution in [0.5, 0.6) is 0 Å². The molecule has 5 nitrogen and oxygen atoms in total. The van der Waals surface area contributed by atoms with Gasteiger partial charge in [0.1, 0.15) is 0 Å². The van der Waals surface area contributed by atoms with Gasteiger partial charge in [0.05, 0.1) is 0 Å². The van der Waals surface area contributed by atoms with Gasteiger partial charge in [-0.3, -0.25) is 18.8 Å². The van der Waals surface area contributed by atoms with Crippen LogP contribution in [0, 0.1) is 0 Å². The number of carbonyl (C=O) groups excluding carboxylic acids is 1. The highest BCUT2D eigenvalue weighted by atomic mass is 80.0. The van der Waals surface area contributed by atoms with Gasteiger partial charge in [0.2, 0.25) is 2.14 Å². The van der Waals surface area contributed by atoms with Gasteiger partial charge in [-0.15, -0.1) is 0 Å². The third-order valence-corrected chi connectivity index (χ3v) is 6.76. The van der Waals surface area contributed by atoms with Crippen molar-refractivity contribution in [3.8, 4) is 0 Å². The summed E-state index contributed by atoms with van der Waals surface area (Å²) in [6, 6.07) is 0. The lowest BCUT2D eigenvalue weighted by molar-refractivity contribution is -0.116. The third kappa shape index (κ3) is 4.37. The van der Waals surface area contributed by atoms with Crippen LogP contribution in [0.4, 0.5) is 0 Å². The summed E-state index contributed by atoms with van der Waals surface area (Å²) in [4.78, 5) is 12.0. The lowest BCUT2D eigenvalue weighted by Crippen LogP contribution is -2.32. The molecule has 0 aliphatic carbocycles. The SMILES string of the molecule is CN(C)P(=NC(=O)C(Br)(Br)Br)(N(C)C)N(C)C. The highest BCUT2D eigenvalue weighted by molar-refractivity contribution is 9.40. The maximum Gasteiger partial charge on any atom is 0.286 e. The van der Waals surface area contributed by atoms with Gasteiger partial charge in [-0.05, 0) is 90.1 Å². The Hall–Kier alpha value is 1.22. The van der Waals surface area contributed by atoms with Gasteiger partial charge in [-0.1, -0.05) is 0 Å². The summed E-state index contributed by atoms with van der Waals surface area (Å²) >= 11 is 9.59. The molecule has 102 valence electrons. The van der Waals surface area contributed by atoms with Crippen molar-refractivity contribution in [3.63, 3.8) is 0 Å². The molecule has 0 spiro atoms. The van der Waals surface area contributed by atoms with E-state index in [1.807, 2.05) is 56.3 Å². The molecule has 0 rings (SSSR count). The van der Waals surface area contributed by atoms with Crippen molar-refractivity contribution < 1.29 is 4.79 Å². The first-order chi connectivity index (χ1) is 7.46. The smallest absolute Gasteiger partial charge is 0.269 e. The lowest BCUT2D eigenvalue weighted by atomic mass is 10.8. The first-order valence-electron chi connectivity index (χ1n) is 4.73. The van der Waals surface area contributed by atoms with Crippen LogP contribution in [0.25, 0.3) is 0 Å². The zero-order valence-electron chi connectivity index (χ0n) is 10.8. The molecule has 0 heterocycles. The van der Waals surface area contributed by atoms with Crippen molar-refractivity contribution in [2.75, 3.05) is 42.3 Å². The van der Waals surface area contributed by atoms with Crippen molar-refractivity contribution in [2.24, 2.45) is 4.74 Å². The fourth-order valence-corrected chi connectivity index (χ4v) is 5.27. The number of amides is 1. The van der Waals surface area contributed by atoms with Gasteiger partial charge in [0.15, 0.2) is 7.51 Å². The number of carbonyl (C=O) groups is 1. The Kier molecular flexibility index (Phi) is 7.06. The van der Waals surface area contributed by atoms with E-state index < -0.39 is 9.65 Å². The molecule has 0 aliphatic rings. The summed E-state index contributed by atoms with van der Waals surface area (Å²) in [5.41, 5.74) is 0. The summed E-state index contributed by atoms with van der Waals surface area (Å²) in [6.07, 6.45) is 0. The fourth-order valence-electron chi connectivity index (χ4n) is 1.52. The van der Waals surface area contributed by atoms with Gasteiger partial charge in [-0.25, -0.2) is 0 Å². The number of halogens is 3. The van der Waals surface area contributed by atoms with Crippen molar-refractivity contribution in [1.29, 1.82) is 0 Å². The monoisotopic (exact) mass is 454 g/mol. The molecule has 1 amide bonds. The Labute approximate surface area is 128 Å². The zero-order chi connectivity index (χ0) is 14.0. The van der Waals surface area contributed by atoms with Crippen molar-refractivity contribution in [2.45, 2.75) is 2.14 Å². The second kappa shape index (κ2) is 6.59. The van der Waals surface area contributed by atoms with E-state index in [0.29, 0.717) is 0 Å². The molecule has 0 aliphatic heterocycles. The Morgan fingerprint density at radius 1 is 0.941 bits per heavy atom. The molecule has 0 saturated heterocycles. The first kappa shape index (κ1) is 18.2. The van der Waals surface area contributed by atoms with Crippen LogP contribution in [0.2, 0.25) is 0 Å². The lowest BCUT2D eigenvalue weighted by Gasteiger charge is -2.40. The molecule has 0 aromatic heterocycles. The van der Waals surface area contributed by atoms with Crippen LogP contribution in [-0.2, 0) is 4.79 Å². The van der Waals surface area contributed by atoms with E-state index in [1.54, 1.807) is 0 Å². The molecule has 0 radical (unpaired) electrons. The molecule has 0 saturated carbocycles. The van der Waals surface area contributed by atoms with Crippen LogP contribution < -0.4 is 0 Å². The standard InChI is InChI=1S/C8H18Br3N4OP/c1-13(2)17(14(3)4,15(5)6)12-7(16)8(9,10)11/h1-6H3. The van der Waals surface area contributed by atoms with Gasteiger partial charge in [0.25, 0.3) is 5.91 Å². The maximum atomic E-state index is 12.0. The summed E-state index contributed by atoms with van der Waals surface area (Å²) in [5.74, 6) is -0.304. The molecule has 0 N–H and O–H groups in total. The summed E-state index contributed by atoms with van der Waals surface area (Å²) in [5, 5.41) is 0. The second-order valence-electron chi connectivity index (χ2n) is 3.98.